The van der Waals surface area contributed by atoms with Crippen LogP contribution >= 0.6 is 13.6 Å². The number of unbranched alkanes of at least 4 members (excludes halogenated alkanes) is 3. The molecule has 2 heteroatoms. The summed E-state index contributed by atoms with van der Waals surface area (Å²) in [4.78, 5) is 0. The first-order valence-electron chi connectivity index (χ1n) is 5.15. The van der Waals surface area contributed by atoms with E-state index >= 15 is 0 Å². The fraction of sp³-hybridized carbons (Fsp3) is 0.500. The van der Waals surface area contributed by atoms with Gasteiger partial charge in [-0.2, -0.15) is 35.9 Å². The number of hydrogen-bond acceptors (Lipinski definition) is 0. The van der Waals surface area contributed by atoms with E-state index in [1.54, 1.807) is 0 Å². The number of benzene rings is 1. The van der Waals surface area contributed by atoms with Crippen molar-refractivity contribution in [3.63, 3.8) is 0 Å². The minimum absolute atomic E-state index is 1.19. The maximum absolute atomic E-state index is 3.06. The molecule has 0 saturated carbocycles. The average Bonchev–Trinajstić information content (AvgIpc) is 2.29. The van der Waals surface area contributed by atoms with Gasteiger partial charge in [-0.1, -0.05) is 39.0 Å². The molecule has 0 aliphatic rings. The van der Waals surface area contributed by atoms with Gasteiger partial charge in [0.15, 0.2) is 0 Å². The molecular weight excluding hydrogens is 289 g/mol. The molecule has 0 bridgehead atoms. The molecule has 0 nitrogen and oxygen atoms in total. The summed E-state index contributed by atoms with van der Waals surface area (Å²) in [5.74, 6) is 0. The first kappa shape index (κ1) is 14.3. The van der Waals surface area contributed by atoms with Crippen LogP contribution in [0.2, 0.25) is 0 Å². The molecule has 1 aromatic rings. The van der Waals surface area contributed by atoms with Crippen molar-refractivity contribution in [2.75, 3.05) is 0 Å². The van der Waals surface area contributed by atoms with E-state index in [4.69, 9.17) is 0 Å². The first-order chi connectivity index (χ1) is 6.93. The number of halogens is 1. The van der Waals surface area contributed by atoms with Gasteiger partial charge < -0.3 is 0 Å². The van der Waals surface area contributed by atoms with E-state index in [1.807, 2.05) is 12.1 Å². The zero-order chi connectivity index (χ0) is 10.6. The molecule has 0 heterocycles. The molecular formula is C12H17BrZn. The summed E-state index contributed by atoms with van der Waals surface area (Å²) in [6.07, 6.45) is 6.63. The van der Waals surface area contributed by atoms with E-state index in [-0.39, 0.29) is 0 Å². The third-order valence-corrected chi connectivity index (χ3v) is 2.11. The number of aryl methyl sites for hydroxylation is 1. The second-order valence-electron chi connectivity index (χ2n) is 3.22. The Labute approximate surface area is 105 Å². The van der Waals surface area contributed by atoms with E-state index in [0.29, 0.717) is 0 Å². The van der Waals surface area contributed by atoms with Crippen molar-refractivity contribution < 1.29 is 16.3 Å². The predicted octanol–water partition coefficient (Wildman–Crippen LogP) is 4.45. The standard InChI is InChI=1S/C12H17.BrH.Zn/c1-2-3-4-6-9-12-10-7-5-8-11-12;;/h7-8,10-11H,2-4,6,9H2,1H3;1H;/q-1;;+2/p-1. The molecule has 0 aromatic heterocycles. The van der Waals surface area contributed by atoms with Gasteiger partial charge in [0.25, 0.3) is 0 Å². The van der Waals surface area contributed by atoms with Gasteiger partial charge in [0.05, 0.1) is 0 Å². The summed E-state index contributed by atoms with van der Waals surface area (Å²) < 4.78 is 0. The molecule has 0 N–H and O–H groups in total. The van der Waals surface area contributed by atoms with E-state index < -0.39 is 0 Å². The van der Waals surface area contributed by atoms with Crippen molar-refractivity contribution in [2.24, 2.45) is 0 Å². The van der Waals surface area contributed by atoms with E-state index in [0.717, 1.165) is 0 Å². The SMILES string of the molecule is CCCCCCc1cc[c-]cc1.[Zn+][Br]. The van der Waals surface area contributed by atoms with Gasteiger partial charge in [0.2, 0.25) is 0 Å². The molecule has 1 aromatic carbocycles. The van der Waals surface area contributed by atoms with Crippen LogP contribution < -0.4 is 0 Å². The Kier molecular flexibility index (Phi) is 11.7. The quantitative estimate of drug-likeness (QED) is 0.428. The van der Waals surface area contributed by atoms with Gasteiger partial charge in [-0.25, -0.2) is 0 Å². The zero-order valence-electron chi connectivity index (χ0n) is 8.93. The van der Waals surface area contributed by atoms with Crippen LogP contribution in [0.15, 0.2) is 24.3 Å². The molecule has 0 spiro atoms. The van der Waals surface area contributed by atoms with Crippen LogP contribution in [0, 0.1) is 6.07 Å². The summed E-state index contributed by atoms with van der Waals surface area (Å²) in [5.41, 5.74) is 1.45. The van der Waals surface area contributed by atoms with Crippen LogP contribution in [0.25, 0.3) is 0 Å². The molecule has 1 rings (SSSR count). The van der Waals surface area contributed by atoms with Crippen molar-refractivity contribution in [1.29, 1.82) is 0 Å². The molecule has 0 aliphatic heterocycles. The van der Waals surface area contributed by atoms with Crippen LogP contribution in [0.3, 0.4) is 0 Å². The minimum atomic E-state index is 1.19. The second-order valence-corrected chi connectivity index (χ2v) is 3.22. The first-order valence-corrected chi connectivity index (χ1v) is 12.1. The summed E-state index contributed by atoms with van der Waals surface area (Å²) >= 11 is 4.25. The fourth-order valence-corrected chi connectivity index (χ4v) is 1.34. The van der Waals surface area contributed by atoms with Crippen molar-refractivity contribution in [1.82, 2.24) is 0 Å². The van der Waals surface area contributed by atoms with E-state index in [9.17, 15) is 0 Å². The average molecular weight is 307 g/mol. The summed E-state index contributed by atoms with van der Waals surface area (Å²) in [6, 6.07) is 11.3. The Bertz CT molecular complexity index is 199. The fourth-order valence-electron chi connectivity index (χ4n) is 1.34. The van der Waals surface area contributed by atoms with Crippen molar-refractivity contribution in [3.8, 4) is 0 Å². The summed E-state index contributed by atoms with van der Waals surface area (Å²) in [7, 11) is 0. The molecule has 74 valence electrons. The van der Waals surface area contributed by atoms with Crippen molar-refractivity contribution in [3.05, 3.63) is 35.9 Å². The molecule has 0 radical (unpaired) electrons. The second kappa shape index (κ2) is 11.4. The van der Waals surface area contributed by atoms with Crippen molar-refractivity contribution >= 4 is 13.6 Å². The Morgan fingerprint density at radius 1 is 1.14 bits per heavy atom. The topological polar surface area (TPSA) is 0 Å². The molecule has 0 unspecified atom stereocenters. The van der Waals surface area contributed by atoms with E-state index in [1.165, 1.54) is 54.0 Å². The van der Waals surface area contributed by atoms with Gasteiger partial charge >= 0.3 is 30.0 Å². The third-order valence-electron chi connectivity index (χ3n) is 2.11. The van der Waals surface area contributed by atoms with Crippen LogP contribution in [0.1, 0.15) is 38.2 Å². The van der Waals surface area contributed by atoms with Gasteiger partial charge in [0.1, 0.15) is 0 Å². The predicted molar refractivity (Wildman–Crippen MR) is 62.1 cm³/mol. The van der Waals surface area contributed by atoms with Gasteiger partial charge in [0, 0.05) is 0 Å². The van der Waals surface area contributed by atoms with Crippen LogP contribution in [-0.4, -0.2) is 0 Å². The summed E-state index contributed by atoms with van der Waals surface area (Å²) in [6.45, 7) is 2.25. The summed E-state index contributed by atoms with van der Waals surface area (Å²) in [5, 5.41) is 0. The maximum atomic E-state index is 3.06. The van der Waals surface area contributed by atoms with E-state index in [2.05, 4.69) is 38.7 Å². The van der Waals surface area contributed by atoms with Gasteiger partial charge in [-0.3, -0.25) is 0 Å². The Morgan fingerprint density at radius 3 is 2.36 bits per heavy atom. The van der Waals surface area contributed by atoms with Crippen LogP contribution in [0.5, 0.6) is 0 Å². The van der Waals surface area contributed by atoms with Crippen molar-refractivity contribution in [2.45, 2.75) is 39.0 Å². The Hall–Kier alpha value is 0.323. The third kappa shape index (κ3) is 7.70. The monoisotopic (exact) mass is 304 g/mol. The van der Waals surface area contributed by atoms with Gasteiger partial charge in [-0.15, -0.1) is 0 Å². The van der Waals surface area contributed by atoms with Gasteiger partial charge in [-0.05, 0) is 0 Å². The Morgan fingerprint density at radius 2 is 1.79 bits per heavy atom. The molecule has 0 amide bonds. The number of rotatable bonds is 5. The molecule has 0 aliphatic carbocycles. The molecule has 14 heavy (non-hydrogen) atoms. The van der Waals surface area contributed by atoms with Crippen LogP contribution in [-0.2, 0) is 22.8 Å². The Balaban J connectivity index is 0.000000791. The van der Waals surface area contributed by atoms with Crippen LogP contribution in [0.4, 0.5) is 0 Å². The molecule has 0 atom stereocenters. The molecule has 0 fully saturated rings. The number of hydrogen-bond donors (Lipinski definition) is 0. The normalized spacial score (nSPS) is 9.14. The molecule has 0 saturated heterocycles. The zero-order valence-corrected chi connectivity index (χ0v) is 13.5.